The minimum Gasteiger partial charge on any atom is -0.437 e. The van der Waals surface area contributed by atoms with E-state index in [9.17, 15) is 60.7 Å². The molecule has 0 aliphatic carbocycles. The second-order valence-corrected chi connectivity index (χ2v) is 49.6. The van der Waals surface area contributed by atoms with Crippen LogP contribution in [0.25, 0.3) is 0 Å². The van der Waals surface area contributed by atoms with Crippen molar-refractivity contribution < 1.29 is 102 Å². The van der Waals surface area contributed by atoms with Gasteiger partial charge >= 0.3 is 17.1 Å². The molecule has 0 radical (unpaired) electrons. The van der Waals surface area contributed by atoms with Crippen LogP contribution in [0, 0.1) is 0 Å². The predicted molar refractivity (Wildman–Crippen MR) is 305 cm³/mol. The van der Waals surface area contributed by atoms with E-state index in [1.165, 1.54) is 0 Å². The van der Waals surface area contributed by atoms with E-state index in [4.69, 9.17) is 40.9 Å². The van der Waals surface area contributed by atoms with Gasteiger partial charge in [-0.3, -0.25) is 19.4 Å². The number of aliphatic hydroxyl groups excluding tert-OH is 12. The maximum absolute atomic E-state index is 12.6. The minimum atomic E-state index is -2.59. The maximum atomic E-state index is 12.6. The molecular formula is C46H106N4O21Si6. The first-order chi connectivity index (χ1) is 35.3. The van der Waals surface area contributed by atoms with Gasteiger partial charge in [0.25, 0.3) is 11.8 Å². The molecule has 0 aromatic carbocycles. The third-order valence-electron chi connectivity index (χ3n) is 11.1. The molecule has 460 valence electrons. The van der Waals surface area contributed by atoms with Gasteiger partial charge in [-0.1, -0.05) is 0 Å². The maximum Gasteiger partial charge on any atom is 0.314 e. The van der Waals surface area contributed by atoms with E-state index in [1.54, 1.807) is 0 Å². The fourth-order valence-corrected chi connectivity index (χ4v) is 33.4. The van der Waals surface area contributed by atoms with Crippen LogP contribution in [0.2, 0.25) is 104 Å². The SMILES string of the molecule is C[Si](C)(C)O[Si](C)(CCCN(CCNC(=O)[C@H](O)[C@@H](O)[C@H](O)[C@H](O)CO)CC(O)COCCOCCOCC(O)CN(CCC[Si](C)(O[Si](C)(C)C)O[Si](C)(C)C)CCNC(=O)[C@H](O)[C@@H](O)[C@H](O)[C@H](O)CO)O[Si](C)(C)C. The lowest BCUT2D eigenvalue weighted by molar-refractivity contribution is -0.149. The van der Waals surface area contributed by atoms with Crippen LogP contribution >= 0.6 is 0 Å². The molecule has 25 nitrogen and oxygen atoms in total. The number of rotatable bonds is 46. The van der Waals surface area contributed by atoms with Gasteiger partial charge in [-0.05, 0) is 130 Å². The zero-order chi connectivity index (χ0) is 59.6. The van der Waals surface area contributed by atoms with Crippen molar-refractivity contribution in [1.29, 1.82) is 0 Å². The van der Waals surface area contributed by atoms with Crippen molar-refractivity contribution in [3.63, 3.8) is 0 Å². The fourth-order valence-electron chi connectivity index (χ4n) is 8.39. The molecule has 14 N–H and O–H groups in total. The summed E-state index contributed by atoms with van der Waals surface area (Å²) in [5, 5.41) is 125. The molecule has 0 rings (SSSR count). The van der Waals surface area contributed by atoms with Crippen LogP contribution in [0.1, 0.15) is 12.8 Å². The smallest absolute Gasteiger partial charge is 0.314 e. The van der Waals surface area contributed by atoms with Gasteiger partial charge in [0.05, 0.1) is 65.1 Å². The van der Waals surface area contributed by atoms with Gasteiger partial charge in [0.15, 0.2) is 45.5 Å². The van der Waals surface area contributed by atoms with Crippen LogP contribution in [0.4, 0.5) is 0 Å². The number of hydrogen-bond donors (Lipinski definition) is 14. The molecule has 77 heavy (non-hydrogen) atoms. The normalized spacial score (nSPS) is 17.4. The second-order valence-electron chi connectivity index (χ2n) is 23.9. The summed E-state index contributed by atoms with van der Waals surface area (Å²) in [4.78, 5) is 29.1. The Hall–Kier alpha value is -0.599. The van der Waals surface area contributed by atoms with E-state index < -0.39 is 136 Å². The summed E-state index contributed by atoms with van der Waals surface area (Å²) in [5.74, 6) is -1.99. The first-order valence-corrected chi connectivity index (χ1v) is 45.5. The molecule has 0 spiro atoms. The molecule has 0 fully saturated rings. The van der Waals surface area contributed by atoms with Crippen molar-refractivity contribution in [2.45, 2.75) is 178 Å². The monoisotopic (exact) mass is 1220 g/mol. The molecule has 2 unspecified atom stereocenters. The van der Waals surface area contributed by atoms with Crippen LogP contribution < -0.4 is 10.6 Å². The summed E-state index contributed by atoms with van der Waals surface area (Å²) < 4.78 is 43.7. The lowest BCUT2D eigenvalue weighted by Crippen LogP contribution is -2.53. The largest absolute Gasteiger partial charge is 0.437 e. The molecule has 0 saturated heterocycles. The third kappa shape index (κ3) is 36.6. The Morgan fingerprint density at radius 2 is 0.714 bits per heavy atom. The molecular weight excluding hydrogens is 1110 g/mol. The van der Waals surface area contributed by atoms with Crippen molar-refractivity contribution in [3.8, 4) is 0 Å². The molecule has 10 atom stereocenters. The van der Waals surface area contributed by atoms with Gasteiger partial charge in [-0.25, -0.2) is 0 Å². The Morgan fingerprint density at radius 1 is 0.429 bits per heavy atom. The highest BCUT2D eigenvalue weighted by atomic mass is 28.5. The summed E-state index contributed by atoms with van der Waals surface area (Å²) >= 11 is 0. The van der Waals surface area contributed by atoms with Crippen LogP contribution in [-0.2, 0) is 40.3 Å². The van der Waals surface area contributed by atoms with E-state index >= 15 is 0 Å². The van der Waals surface area contributed by atoms with Crippen LogP contribution in [0.3, 0.4) is 0 Å². The van der Waals surface area contributed by atoms with Gasteiger partial charge in [0.2, 0.25) is 0 Å². The number of carbonyl (C=O) groups excluding carboxylic acids is 2. The highest BCUT2D eigenvalue weighted by Crippen LogP contribution is 2.27. The van der Waals surface area contributed by atoms with Crippen molar-refractivity contribution in [1.82, 2.24) is 20.4 Å². The van der Waals surface area contributed by atoms with E-state index in [1.807, 2.05) is 9.80 Å². The molecule has 0 heterocycles. The third-order valence-corrected chi connectivity index (χ3v) is 30.3. The van der Waals surface area contributed by atoms with Crippen molar-refractivity contribution >= 4 is 62.2 Å². The van der Waals surface area contributed by atoms with Crippen LogP contribution in [0.15, 0.2) is 0 Å². The average molecular weight is 1220 g/mol. The Kier molecular flexibility index (Phi) is 36.6. The highest BCUT2D eigenvalue weighted by molar-refractivity contribution is 6.88. The molecule has 31 heteroatoms. The van der Waals surface area contributed by atoms with Crippen molar-refractivity contribution in [2.75, 3.05) is 105 Å². The Balaban J connectivity index is 5.43. The van der Waals surface area contributed by atoms with E-state index in [0.717, 1.165) is 0 Å². The lowest BCUT2D eigenvalue weighted by atomic mass is 10.0. The zero-order valence-electron chi connectivity index (χ0n) is 48.9. The molecule has 0 bridgehead atoms. The van der Waals surface area contributed by atoms with Gasteiger partial charge in [0, 0.05) is 39.3 Å². The highest BCUT2D eigenvalue weighted by Gasteiger charge is 2.42. The minimum absolute atomic E-state index is 0.00204. The molecule has 0 aromatic heterocycles. The van der Waals surface area contributed by atoms with Gasteiger partial charge in [-0.15, -0.1) is 0 Å². The van der Waals surface area contributed by atoms with Crippen LogP contribution in [-0.4, -0.2) is 300 Å². The van der Waals surface area contributed by atoms with E-state index in [2.05, 4.69) is 102 Å². The zero-order valence-corrected chi connectivity index (χ0v) is 54.9. The molecule has 0 saturated carbocycles. The summed E-state index contributed by atoms with van der Waals surface area (Å²) in [5.41, 5.74) is 0. The summed E-state index contributed by atoms with van der Waals surface area (Å²) in [6, 6.07) is 1.37. The molecule has 2 amide bonds. The Morgan fingerprint density at radius 3 is 0.987 bits per heavy atom. The molecule has 0 aromatic rings. The van der Waals surface area contributed by atoms with E-state index in [0.29, 0.717) is 38.0 Å². The van der Waals surface area contributed by atoms with Crippen molar-refractivity contribution in [3.05, 3.63) is 0 Å². The van der Waals surface area contributed by atoms with Gasteiger partial charge in [0.1, 0.15) is 36.6 Å². The Labute approximate surface area is 465 Å². The van der Waals surface area contributed by atoms with Gasteiger partial charge < -0.3 is 103 Å². The predicted octanol–water partition coefficient (Wildman–Crippen LogP) is -2.20. The average Bonchev–Trinajstić information content (AvgIpc) is 3.28. The summed E-state index contributed by atoms with van der Waals surface area (Å²) in [7, 11) is -13.0. The second kappa shape index (κ2) is 36.9. The standard InChI is InChI=1S/C46H106N4O21Si6/c1-72(2,3)68-76(13,69-73(4,5)6)27-15-19-49(21-17-47-45(63)43(61)41(59)39(57)37(55)31-51)29-35(53)33-66-25-23-65-24-26-67-34-36(54)30-50(20-16-28-77(14,70-74(7,8)9)71-75(10,11)12)22-18-48-46(64)44(62)42(60)40(58)38(56)32-52/h35-44,51-62H,15-34H2,1-14H3,(H,47,63)(H,48,64)/t35?,36?,37-,38-,39-,40-,41+,42+,43-,44-/m1/s1. The van der Waals surface area contributed by atoms with Crippen molar-refractivity contribution in [2.24, 2.45) is 0 Å². The topological polar surface area (TPSA) is 372 Å². The summed E-state index contributed by atoms with van der Waals surface area (Å²) in [6.45, 7) is 30.2. The number of aliphatic hydroxyl groups is 12. The summed E-state index contributed by atoms with van der Waals surface area (Å²) in [6.07, 6.45) is -16.3. The number of nitrogens with one attached hydrogen (secondary N) is 2. The number of nitrogens with zero attached hydrogens (tertiary/aromatic N) is 2. The molecule has 0 aliphatic rings. The number of amides is 2. The first-order valence-electron chi connectivity index (χ1n) is 26.8. The Bertz CT molecular complexity index is 1460. The molecule has 0 aliphatic heterocycles. The van der Waals surface area contributed by atoms with Crippen LogP contribution in [0.5, 0.6) is 0 Å². The quantitative estimate of drug-likeness (QED) is 0.0227. The van der Waals surface area contributed by atoms with E-state index in [-0.39, 0.29) is 78.9 Å². The lowest BCUT2D eigenvalue weighted by Gasteiger charge is -2.39. The number of carbonyl (C=O) groups is 2. The van der Waals surface area contributed by atoms with Gasteiger partial charge in [-0.2, -0.15) is 0 Å². The fraction of sp³-hybridized carbons (Fsp3) is 0.957. The number of ether oxygens (including phenoxy) is 3. The first kappa shape index (κ1) is 76.4. The number of hydrogen-bond acceptors (Lipinski definition) is 23.